The molecule has 2 rings (SSSR count). The molecule has 0 bridgehead atoms. The lowest BCUT2D eigenvalue weighted by atomic mass is 9.74. The average Bonchev–Trinajstić information content (AvgIpc) is 2.96. The first-order valence-electron chi connectivity index (χ1n) is 7.50. The maximum absolute atomic E-state index is 12.4. The number of hydrogen-bond donors (Lipinski definition) is 1. The van der Waals surface area contributed by atoms with Crippen LogP contribution < -0.4 is 5.32 Å². The van der Waals surface area contributed by atoms with Gasteiger partial charge in [-0.3, -0.25) is 4.79 Å². The molecule has 1 aromatic rings. The van der Waals surface area contributed by atoms with Crippen LogP contribution in [0, 0.1) is 5.41 Å². The maximum atomic E-state index is 12.4. The molecule has 1 aliphatic rings. The third kappa shape index (κ3) is 3.11. The van der Waals surface area contributed by atoms with Gasteiger partial charge in [-0.25, -0.2) is 0 Å². The van der Waals surface area contributed by atoms with E-state index in [0.717, 1.165) is 37.6 Å². The van der Waals surface area contributed by atoms with Crippen LogP contribution in [-0.4, -0.2) is 40.6 Å². The van der Waals surface area contributed by atoms with Gasteiger partial charge in [0.2, 0.25) is 10.1 Å². The third-order valence-electron chi connectivity index (χ3n) is 4.55. The number of nitrogens with zero attached hydrogens (tertiary/aromatic N) is 3. The molecule has 0 spiro atoms. The molecular weight excluding hydrogens is 272 g/mol. The van der Waals surface area contributed by atoms with Gasteiger partial charge in [0.25, 0.3) is 5.91 Å². The first-order chi connectivity index (χ1) is 9.64. The Bertz CT molecular complexity index is 446. The van der Waals surface area contributed by atoms with E-state index in [2.05, 4.69) is 29.4 Å². The van der Waals surface area contributed by atoms with Crippen LogP contribution in [0.2, 0.25) is 0 Å². The van der Waals surface area contributed by atoms with Crippen molar-refractivity contribution >= 4 is 22.4 Å². The zero-order valence-corrected chi connectivity index (χ0v) is 13.4. The number of aromatic nitrogens is 2. The topological polar surface area (TPSA) is 58.1 Å². The summed E-state index contributed by atoms with van der Waals surface area (Å²) in [6, 6.07) is 0. The Labute approximate surface area is 124 Å². The fraction of sp³-hybridized carbons (Fsp3) is 0.786. The lowest BCUT2D eigenvalue weighted by Crippen LogP contribution is -2.42. The summed E-state index contributed by atoms with van der Waals surface area (Å²) in [6.07, 6.45) is 4.61. The predicted octanol–water partition coefficient (Wildman–Crippen LogP) is 3.01. The number of amides is 1. The van der Waals surface area contributed by atoms with Crippen LogP contribution in [-0.2, 0) is 0 Å². The van der Waals surface area contributed by atoms with Gasteiger partial charge >= 0.3 is 0 Å². The molecule has 112 valence electrons. The van der Waals surface area contributed by atoms with E-state index in [9.17, 15) is 4.79 Å². The Morgan fingerprint density at radius 2 is 1.90 bits per heavy atom. The molecule has 0 saturated carbocycles. The summed E-state index contributed by atoms with van der Waals surface area (Å²) in [6.45, 7) is 9.00. The Hall–Kier alpha value is -1.17. The standard InChI is InChI=1S/C14H24N4OS/c1-4-14(5-2)7-9-18(10-8-14)12(19)11-16-17-13(20-11)15-6-3/h4-10H2,1-3H3,(H,15,17). The molecule has 2 heterocycles. The number of anilines is 1. The van der Waals surface area contributed by atoms with Gasteiger partial charge in [0.05, 0.1) is 0 Å². The monoisotopic (exact) mass is 296 g/mol. The minimum absolute atomic E-state index is 0.0347. The minimum atomic E-state index is 0.0347. The van der Waals surface area contributed by atoms with Gasteiger partial charge in [-0.15, -0.1) is 10.2 Å². The van der Waals surface area contributed by atoms with Gasteiger partial charge < -0.3 is 10.2 Å². The molecule has 0 aliphatic carbocycles. The first-order valence-corrected chi connectivity index (χ1v) is 8.32. The van der Waals surface area contributed by atoms with E-state index in [1.165, 1.54) is 24.2 Å². The summed E-state index contributed by atoms with van der Waals surface area (Å²) >= 11 is 1.35. The van der Waals surface area contributed by atoms with Crippen molar-refractivity contribution in [3.05, 3.63) is 5.01 Å². The summed E-state index contributed by atoms with van der Waals surface area (Å²) in [5.74, 6) is 0.0347. The van der Waals surface area contributed by atoms with Crippen molar-refractivity contribution < 1.29 is 4.79 Å². The van der Waals surface area contributed by atoms with Gasteiger partial charge in [0.15, 0.2) is 0 Å². The van der Waals surface area contributed by atoms with E-state index in [0.29, 0.717) is 10.4 Å². The van der Waals surface area contributed by atoms with Gasteiger partial charge in [0.1, 0.15) is 0 Å². The largest absolute Gasteiger partial charge is 0.360 e. The van der Waals surface area contributed by atoms with Crippen molar-refractivity contribution in [1.82, 2.24) is 15.1 Å². The number of carbonyl (C=O) groups is 1. The number of hydrogen-bond acceptors (Lipinski definition) is 5. The maximum Gasteiger partial charge on any atom is 0.284 e. The van der Waals surface area contributed by atoms with E-state index in [1.807, 2.05) is 11.8 Å². The number of likely N-dealkylation sites (tertiary alicyclic amines) is 1. The number of nitrogens with one attached hydrogen (secondary N) is 1. The van der Waals surface area contributed by atoms with Crippen molar-refractivity contribution in [3.8, 4) is 0 Å². The number of carbonyl (C=O) groups excluding carboxylic acids is 1. The third-order valence-corrected chi connectivity index (χ3v) is 5.42. The molecule has 6 heteroatoms. The highest BCUT2D eigenvalue weighted by Gasteiger charge is 2.33. The molecular formula is C14H24N4OS. The van der Waals surface area contributed by atoms with E-state index >= 15 is 0 Å². The Kier molecular flexibility index (Phi) is 4.96. The Morgan fingerprint density at radius 3 is 2.45 bits per heavy atom. The lowest BCUT2D eigenvalue weighted by molar-refractivity contribution is 0.0556. The van der Waals surface area contributed by atoms with Gasteiger partial charge in [-0.2, -0.15) is 0 Å². The van der Waals surface area contributed by atoms with Crippen LogP contribution in [0.15, 0.2) is 0 Å². The van der Waals surface area contributed by atoms with Gasteiger partial charge in [0, 0.05) is 19.6 Å². The van der Waals surface area contributed by atoms with Crippen LogP contribution in [0.5, 0.6) is 0 Å². The molecule has 20 heavy (non-hydrogen) atoms. The summed E-state index contributed by atoms with van der Waals surface area (Å²) in [7, 11) is 0. The predicted molar refractivity (Wildman–Crippen MR) is 82.2 cm³/mol. The smallest absolute Gasteiger partial charge is 0.284 e. The van der Waals surface area contributed by atoms with Crippen LogP contribution in [0.25, 0.3) is 0 Å². The molecule has 0 atom stereocenters. The molecule has 1 fully saturated rings. The van der Waals surface area contributed by atoms with E-state index in [-0.39, 0.29) is 5.91 Å². The number of piperidine rings is 1. The summed E-state index contributed by atoms with van der Waals surface area (Å²) in [4.78, 5) is 14.3. The summed E-state index contributed by atoms with van der Waals surface area (Å²) < 4.78 is 0. The molecule has 1 N–H and O–H groups in total. The van der Waals surface area contributed by atoms with Crippen LogP contribution >= 0.6 is 11.3 Å². The molecule has 1 saturated heterocycles. The SMILES string of the molecule is CCNc1nnc(C(=O)N2CCC(CC)(CC)CC2)s1. The fourth-order valence-corrected chi connectivity index (χ4v) is 3.59. The molecule has 1 amide bonds. The summed E-state index contributed by atoms with van der Waals surface area (Å²) in [5, 5.41) is 12.3. The fourth-order valence-electron chi connectivity index (χ4n) is 2.81. The van der Waals surface area contributed by atoms with E-state index in [1.54, 1.807) is 0 Å². The molecule has 1 aromatic heterocycles. The quantitative estimate of drug-likeness (QED) is 0.907. The van der Waals surface area contributed by atoms with E-state index in [4.69, 9.17) is 0 Å². The highest BCUT2D eigenvalue weighted by Crippen LogP contribution is 2.38. The second-order valence-corrected chi connectivity index (χ2v) is 6.42. The molecule has 0 aromatic carbocycles. The zero-order valence-electron chi connectivity index (χ0n) is 12.6. The molecule has 1 aliphatic heterocycles. The van der Waals surface area contributed by atoms with Crippen LogP contribution in [0.4, 0.5) is 5.13 Å². The van der Waals surface area contributed by atoms with Crippen molar-refractivity contribution in [3.63, 3.8) is 0 Å². The second kappa shape index (κ2) is 6.52. The lowest BCUT2D eigenvalue weighted by Gasteiger charge is -2.40. The molecule has 0 radical (unpaired) electrons. The summed E-state index contributed by atoms with van der Waals surface area (Å²) in [5.41, 5.74) is 0.437. The zero-order chi connectivity index (χ0) is 14.6. The van der Waals surface area contributed by atoms with Crippen LogP contribution in [0.1, 0.15) is 56.3 Å². The highest BCUT2D eigenvalue weighted by atomic mass is 32.1. The van der Waals surface area contributed by atoms with Crippen molar-refractivity contribution in [2.75, 3.05) is 25.0 Å². The molecule has 0 unspecified atom stereocenters. The molecule has 5 nitrogen and oxygen atoms in total. The van der Waals surface area contributed by atoms with Crippen molar-refractivity contribution in [2.24, 2.45) is 5.41 Å². The highest BCUT2D eigenvalue weighted by molar-refractivity contribution is 7.17. The van der Waals surface area contributed by atoms with Gasteiger partial charge in [-0.05, 0) is 25.2 Å². The normalized spacial score (nSPS) is 18.1. The van der Waals surface area contributed by atoms with Gasteiger partial charge in [-0.1, -0.05) is 38.0 Å². The van der Waals surface area contributed by atoms with Crippen LogP contribution in [0.3, 0.4) is 0 Å². The number of rotatable bonds is 5. The average molecular weight is 296 g/mol. The first kappa shape index (κ1) is 15.2. The van der Waals surface area contributed by atoms with Crippen molar-refractivity contribution in [1.29, 1.82) is 0 Å². The Balaban J connectivity index is 1.97. The van der Waals surface area contributed by atoms with Crippen molar-refractivity contribution in [2.45, 2.75) is 46.5 Å². The Morgan fingerprint density at radius 1 is 1.25 bits per heavy atom. The van der Waals surface area contributed by atoms with E-state index < -0.39 is 0 Å². The minimum Gasteiger partial charge on any atom is -0.360 e. The second-order valence-electron chi connectivity index (χ2n) is 5.44.